The van der Waals surface area contributed by atoms with Gasteiger partial charge >= 0.3 is 0 Å². The van der Waals surface area contributed by atoms with E-state index in [1.807, 2.05) is 0 Å². The second-order valence-corrected chi connectivity index (χ2v) is 5.45. The SMILES string of the molecule is CCCCC1Oc2ccc(C(=O)CBr)cc2N(C)C1=O. The molecule has 0 aromatic heterocycles. The van der Waals surface area contributed by atoms with E-state index in [0.29, 0.717) is 17.0 Å². The minimum Gasteiger partial charge on any atom is -0.478 e. The number of alkyl halides is 1. The van der Waals surface area contributed by atoms with Gasteiger partial charge in [0.2, 0.25) is 0 Å². The molecular weight excluding hydrogens is 322 g/mol. The lowest BCUT2D eigenvalue weighted by molar-refractivity contribution is -0.126. The van der Waals surface area contributed by atoms with Gasteiger partial charge in [-0.1, -0.05) is 29.3 Å². The molecule has 2 rings (SSSR count). The number of fused-ring (bicyclic) bond motifs is 1. The summed E-state index contributed by atoms with van der Waals surface area (Å²) in [7, 11) is 1.73. The maximum Gasteiger partial charge on any atom is 0.267 e. The number of hydrogen-bond acceptors (Lipinski definition) is 3. The monoisotopic (exact) mass is 339 g/mol. The van der Waals surface area contributed by atoms with Crippen LogP contribution in [0.3, 0.4) is 0 Å². The zero-order valence-electron chi connectivity index (χ0n) is 11.7. The van der Waals surface area contributed by atoms with Crippen LogP contribution in [0.15, 0.2) is 18.2 Å². The molecule has 0 saturated carbocycles. The first-order valence-corrected chi connectivity index (χ1v) is 7.88. The normalized spacial score (nSPS) is 17.6. The van der Waals surface area contributed by atoms with Gasteiger partial charge < -0.3 is 9.64 Å². The van der Waals surface area contributed by atoms with Crippen LogP contribution in [-0.2, 0) is 4.79 Å². The van der Waals surface area contributed by atoms with Crippen LogP contribution >= 0.6 is 15.9 Å². The zero-order valence-corrected chi connectivity index (χ0v) is 13.3. The molecule has 1 amide bonds. The maximum absolute atomic E-state index is 12.3. The van der Waals surface area contributed by atoms with Gasteiger partial charge in [-0.2, -0.15) is 0 Å². The van der Waals surface area contributed by atoms with Crippen LogP contribution < -0.4 is 9.64 Å². The van der Waals surface area contributed by atoms with Gasteiger partial charge in [0.1, 0.15) is 5.75 Å². The first-order chi connectivity index (χ1) is 9.58. The number of hydrogen-bond donors (Lipinski definition) is 0. The van der Waals surface area contributed by atoms with Crippen molar-refractivity contribution in [2.45, 2.75) is 32.3 Å². The van der Waals surface area contributed by atoms with Crippen LogP contribution in [0.25, 0.3) is 0 Å². The molecule has 1 aliphatic heterocycles. The van der Waals surface area contributed by atoms with Crippen molar-refractivity contribution in [2.24, 2.45) is 0 Å². The van der Waals surface area contributed by atoms with Crippen molar-refractivity contribution in [1.82, 2.24) is 0 Å². The van der Waals surface area contributed by atoms with Gasteiger partial charge in [-0.05, 0) is 31.0 Å². The van der Waals surface area contributed by atoms with E-state index in [0.717, 1.165) is 19.3 Å². The van der Waals surface area contributed by atoms with E-state index >= 15 is 0 Å². The molecule has 1 aromatic rings. The number of benzene rings is 1. The van der Waals surface area contributed by atoms with Crippen LogP contribution in [0.4, 0.5) is 5.69 Å². The minimum absolute atomic E-state index is 0.0123. The lowest BCUT2D eigenvalue weighted by Gasteiger charge is -2.32. The lowest BCUT2D eigenvalue weighted by Crippen LogP contribution is -2.43. The van der Waals surface area contributed by atoms with Gasteiger partial charge in [0.05, 0.1) is 11.0 Å². The number of rotatable bonds is 5. The molecule has 1 aromatic carbocycles. The Balaban J connectivity index is 2.29. The minimum atomic E-state index is -0.412. The molecule has 5 heteroatoms. The zero-order chi connectivity index (χ0) is 14.7. The smallest absolute Gasteiger partial charge is 0.267 e. The number of ether oxygens (including phenoxy) is 1. The summed E-state index contributed by atoms with van der Waals surface area (Å²) in [5.74, 6) is 0.607. The first-order valence-electron chi connectivity index (χ1n) is 6.76. The molecule has 1 atom stereocenters. The van der Waals surface area contributed by atoms with Crippen molar-refractivity contribution >= 4 is 33.3 Å². The number of halogens is 1. The van der Waals surface area contributed by atoms with Crippen molar-refractivity contribution in [2.75, 3.05) is 17.3 Å². The molecule has 108 valence electrons. The number of likely N-dealkylation sites (N-methyl/N-ethyl adjacent to an activating group) is 1. The molecule has 0 saturated heterocycles. The third kappa shape index (κ3) is 2.87. The molecule has 0 fully saturated rings. The fourth-order valence-corrected chi connectivity index (χ4v) is 2.56. The van der Waals surface area contributed by atoms with E-state index in [1.54, 1.807) is 30.1 Å². The fraction of sp³-hybridized carbons (Fsp3) is 0.467. The summed E-state index contributed by atoms with van der Waals surface area (Å²) in [6.45, 7) is 2.09. The second kappa shape index (κ2) is 6.39. The quantitative estimate of drug-likeness (QED) is 0.611. The first kappa shape index (κ1) is 15.0. The Kier molecular flexibility index (Phi) is 4.81. The summed E-state index contributed by atoms with van der Waals surface area (Å²) in [6, 6.07) is 5.23. The number of carbonyl (C=O) groups excluding carboxylic acids is 2. The third-order valence-electron chi connectivity index (χ3n) is 3.46. The highest BCUT2D eigenvalue weighted by Gasteiger charge is 2.32. The van der Waals surface area contributed by atoms with Gasteiger partial charge in [-0.3, -0.25) is 9.59 Å². The average molecular weight is 340 g/mol. The molecule has 0 N–H and O–H groups in total. The van der Waals surface area contributed by atoms with Crippen LogP contribution in [0.5, 0.6) is 5.75 Å². The molecular formula is C15H18BrNO3. The van der Waals surface area contributed by atoms with Crippen molar-refractivity contribution in [3.8, 4) is 5.75 Å². The highest BCUT2D eigenvalue weighted by Crippen LogP contribution is 2.35. The lowest BCUT2D eigenvalue weighted by atomic mass is 10.1. The third-order valence-corrected chi connectivity index (χ3v) is 3.97. The number of nitrogens with zero attached hydrogens (tertiary/aromatic N) is 1. The molecule has 20 heavy (non-hydrogen) atoms. The summed E-state index contributed by atoms with van der Waals surface area (Å²) < 4.78 is 5.77. The number of anilines is 1. The fourth-order valence-electron chi connectivity index (χ4n) is 2.24. The molecule has 1 unspecified atom stereocenters. The molecule has 4 nitrogen and oxygen atoms in total. The van der Waals surface area contributed by atoms with Gasteiger partial charge in [-0.15, -0.1) is 0 Å². The van der Waals surface area contributed by atoms with Crippen LogP contribution in [0.1, 0.15) is 36.5 Å². The van der Waals surface area contributed by atoms with Crippen LogP contribution in [0.2, 0.25) is 0 Å². The van der Waals surface area contributed by atoms with Gasteiger partial charge in [-0.25, -0.2) is 0 Å². The van der Waals surface area contributed by atoms with Crippen molar-refractivity contribution in [3.63, 3.8) is 0 Å². The molecule has 0 bridgehead atoms. The highest BCUT2D eigenvalue weighted by molar-refractivity contribution is 9.09. The van der Waals surface area contributed by atoms with Crippen molar-refractivity contribution in [3.05, 3.63) is 23.8 Å². The van der Waals surface area contributed by atoms with E-state index in [1.165, 1.54) is 0 Å². The molecule has 0 aliphatic carbocycles. The summed E-state index contributed by atoms with van der Waals surface area (Å²) >= 11 is 3.15. The molecule has 0 spiro atoms. The summed E-state index contributed by atoms with van der Waals surface area (Å²) in [5, 5.41) is 0.267. The Hall–Kier alpha value is -1.36. The maximum atomic E-state index is 12.3. The Bertz CT molecular complexity index is 530. The van der Waals surface area contributed by atoms with Gasteiger partial charge in [0.25, 0.3) is 5.91 Å². The van der Waals surface area contributed by atoms with Gasteiger partial charge in [0, 0.05) is 12.6 Å². The number of unbranched alkanes of at least 4 members (excludes halogenated alkanes) is 1. The van der Waals surface area contributed by atoms with E-state index in [-0.39, 0.29) is 17.0 Å². The van der Waals surface area contributed by atoms with Crippen molar-refractivity contribution in [1.29, 1.82) is 0 Å². The number of Topliss-reactive ketones (excluding diaryl/α,β-unsaturated/α-hetero) is 1. The number of amides is 1. The summed E-state index contributed by atoms with van der Waals surface area (Å²) in [4.78, 5) is 25.5. The highest BCUT2D eigenvalue weighted by atomic mass is 79.9. The number of carbonyl (C=O) groups is 2. The van der Waals surface area contributed by atoms with E-state index in [2.05, 4.69) is 22.9 Å². The van der Waals surface area contributed by atoms with E-state index in [4.69, 9.17) is 4.74 Å². The van der Waals surface area contributed by atoms with E-state index in [9.17, 15) is 9.59 Å². The predicted molar refractivity (Wildman–Crippen MR) is 81.9 cm³/mol. The van der Waals surface area contributed by atoms with Gasteiger partial charge in [0.15, 0.2) is 11.9 Å². The average Bonchev–Trinajstić information content (AvgIpc) is 2.48. The standard InChI is InChI=1S/C15H18BrNO3/c1-3-4-5-14-15(19)17(2)11-8-10(12(18)9-16)6-7-13(11)20-14/h6-8,14H,3-5,9H2,1-2H3. The van der Waals surface area contributed by atoms with Crippen LogP contribution in [-0.4, -0.2) is 30.2 Å². The largest absolute Gasteiger partial charge is 0.478 e. The van der Waals surface area contributed by atoms with E-state index < -0.39 is 6.10 Å². The molecule has 0 radical (unpaired) electrons. The predicted octanol–water partition coefficient (Wildman–Crippen LogP) is 3.18. The second-order valence-electron chi connectivity index (χ2n) is 4.89. The topological polar surface area (TPSA) is 46.6 Å². The van der Waals surface area contributed by atoms with Crippen LogP contribution in [0, 0.1) is 0 Å². The van der Waals surface area contributed by atoms with Crippen molar-refractivity contribution < 1.29 is 14.3 Å². The Morgan fingerprint density at radius 3 is 2.85 bits per heavy atom. The Labute approximate surface area is 127 Å². The Morgan fingerprint density at radius 2 is 2.20 bits per heavy atom. The summed E-state index contributed by atoms with van der Waals surface area (Å²) in [5.41, 5.74) is 1.24. The molecule has 1 heterocycles. The molecule has 1 aliphatic rings. The summed E-state index contributed by atoms with van der Waals surface area (Å²) in [6.07, 6.45) is 2.30. The Morgan fingerprint density at radius 1 is 1.45 bits per heavy atom. The number of ketones is 1.